The Labute approximate surface area is 184 Å². The molecule has 10 heteroatoms. The highest BCUT2D eigenvalue weighted by molar-refractivity contribution is 8.15. The highest BCUT2D eigenvalue weighted by Crippen LogP contribution is 2.33. The smallest absolute Gasteiger partial charge is 0.306 e. The van der Waals surface area contributed by atoms with Crippen LogP contribution >= 0.6 is 11.8 Å². The second kappa shape index (κ2) is 8.72. The number of hydrogen-bond acceptors (Lipinski definition) is 7. The molecule has 2 aromatic heterocycles. The molecule has 1 aromatic carbocycles. The van der Waals surface area contributed by atoms with E-state index in [0.717, 1.165) is 16.1 Å². The molecular formula is C21H22N4O4S2. The van der Waals surface area contributed by atoms with E-state index in [2.05, 4.69) is 15.0 Å². The molecular weight excluding hydrogens is 436 g/mol. The van der Waals surface area contributed by atoms with E-state index < -0.39 is 10.0 Å². The van der Waals surface area contributed by atoms with Crippen LogP contribution in [0.15, 0.2) is 58.7 Å². The Bertz CT molecular complexity index is 1240. The second-order valence-electron chi connectivity index (χ2n) is 6.96. The molecule has 0 amide bonds. The van der Waals surface area contributed by atoms with Crippen LogP contribution in [-0.2, 0) is 19.6 Å². The second-order valence-corrected chi connectivity index (χ2v) is 10.2. The van der Waals surface area contributed by atoms with Crippen LogP contribution in [-0.4, -0.2) is 54.8 Å². The number of rotatable bonds is 7. The molecule has 1 aliphatic heterocycles. The number of carbonyl (C=O) groups is 1. The number of nitrogens with one attached hydrogen (secondary N) is 1. The first-order valence-corrected chi connectivity index (χ1v) is 12.1. The van der Waals surface area contributed by atoms with Crippen LogP contribution in [0, 0.1) is 0 Å². The Balaban J connectivity index is 1.60. The van der Waals surface area contributed by atoms with Crippen LogP contribution in [0.25, 0.3) is 10.9 Å². The van der Waals surface area contributed by atoms with Gasteiger partial charge in [0.2, 0.25) is 0 Å². The molecule has 0 bridgehead atoms. The van der Waals surface area contributed by atoms with Gasteiger partial charge in [0.25, 0.3) is 10.0 Å². The first-order valence-electron chi connectivity index (χ1n) is 9.79. The first-order chi connectivity index (χ1) is 14.9. The van der Waals surface area contributed by atoms with Crippen molar-refractivity contribution in [2.75, 3.05) is 24.5 Å². The molecule has 0 saturated carbocycles. The standard InChI is InChI=1S/C21H22N4O4S2/c1-3-29-19(26)12-15-13-23-21(30-15)16-11-14-7-6-8-17(20(14)24-16)25(2)31(27,28)18-9-4-5-10-22-18/h4-11,15,24H,3,12-13H2,1-2H3. The van der Waals surface area contributed by atoms with Crippen molar-refractivity contribution in [3.05, 3.63) is 54.4 Å². The zero-order valence-electron chi connectivity index (χ0n) is 17.1. The number of pyridine rings is 1. The highest BCUT2D eigenvalue weighted by Gasteiger charge is 2.27. The Kier molecular flexibility index (Phi) is 6.01. The summed E-state index contributed by atoms with van der Waals surface area (Å²) in [6, 6.07) is 12.2. The van der Waals surface area contributed by atoms with E-state index in [1.54, 1.807) is 25.1 Å². The zero-order chi connectivity index (χ0) is 22.0. The lowest BCUT2D eigenvalue weighted by atomic mass is 10.2. The van der Waals surface area contributed by atoms with Crippen molar-refractivity contribution in [1.82, 2.24) is 9.97 Å². The number of aromatic amines is 1. The number of sulfonamides is 1. The quantitative estimate of drug-likeness (QED) is 0.545. The highest BCUT2D eigenvalue weighted by atomic mass is 32.2. The van der Waals surface area contributed by atoms with Gasteiger partial charge < -0.3 is 9.72 Å². The lowest BCUT2D eigenvalue weighted by molar-refractivity contribution is -0.143. The van der Waals surface area contributed by atoms with Crippen molar-refractivity contribution < 1.29 is 17.9 Å². The lowest BCUT2D eigenvalue weighted by Gasteiger charge is -2.19. The van der Waals surface area contributed by atoms with Gasteiger partial charge >= 0.3 is 5.97 Å². The Hall–Kier alpha value is -2.85. The fourth-order valence-electron chi connectivity index (χ4n) is 3.37. The summed E-state index contributed by atoms with van der Waals surface area (Å²) in [5.41, 5.74) is 2.00. The Morgan fingerprint density at radius 1 is 1.29 bits per heavy atom. The van der Waals surface area contributed by atoms with Crippen LogP contribution in [0.3, 0.4) is 0 Å². The average molecular weight is 459 g/mol. The molecule has 3 heterocycles. The molecule has 0 radical (unpaired) electrons. The Morgan fingerprint density at radius 3 is 2.87 bits per heavy atom. The minimum absolute atomic E-state index is 0.0150. The van der Waals surface area contributed by atoms with Crippen LogP contribution in [0.5, 0.6) is 0 Å². The normalized spacial score (nSPS) is 16.3. The molecule has 1 atom stereocenters. The number of thioether (sulfide) groups is 1. The number of anilines is 1. The molecule has 3 aromatic rings. The third-order valence-electron chi connectivity index (χ3n) is 4.88. The third kappa shape index (κ3) is 4.31. The van der Waals surface area contributed by atoms with E-state index in [0.29, 0.717) is 30.8 Å². The van der Waals surface area contributed by atoms with Crippen molar-refractivity contribution in [1.29, 1.82) is 0 Å². The maximum atomic E-state index is 13.0. The monoisotopic (exact) mass is 458 g/mol. The number of aliphatic imine (C=N–C) groups is 1. The summed E-state index contributed by atoms with van der Waals surface area (Å²) in [7, 11) is -2.30. The number of esters is 1. The molecule has 4 rings (SSSR count). The van der Waals surface area contributed by atoms with Gasteiger partial charge in [-0.2, -0.15) is 8.42 Å². The maximum absolute atomic E-state index is 13.0. The number of para-hydroxylation sites is 1. The van der Waals surface area contributed by atoms with Crippen LogP contribution < -0.4 is 4.31 Å². The van der Waals surface area contributed by atoms with E-state index in [1.807, 2.05) is 18.2 Å². The molecule has 162 valence electrons. The number of aromatic nitrogens is 2. The van der Waals surface area contributed by atoms with Gasteiger partial charge in [0, 0.05) is 23.9 Å². The van der Waals surface area contributed by atoms with Crippen molar-refractivity contribution in [3.8, 4) is 0 Å². The first kappa shape index (κ1) is 21.4. The molecule has 0 saturated heterocycles. The summed E-state index contributed by atoms with van der Waals surface area (Å²) in [4.78, 5) is 23.6. The van der Waals surface area contributed by atoms with Gasteiger partial charge in [0.05, 0.1) is 36.5 Å². The molecule has 0 spiro atoms. The van der Waals surface area contributed by atoms with Crippen LogP contribution in [0.4, 0.5) is 5.69 Å². The number of benzene rings is 1. The van der Waals surface area contributed by atoms with Gasteiger partial charge in [-0.05, 0) is 31.2 Å². The third-order valence-corrected chi connectivity index (χ3v) is 7.79. The van der Waals surface area contributed by atoms with E-state index in [4.69, 9.17) is 4.74 Å². The molecule has 1 N–H and O–H groups in total. The number of carbonyl (C=O) groups excluding carboxylic acids is 1. The number of hydrogen-bond donors (Lipinski definition) is 1. The van der Waals surface area contributed by atoms with Crippen LogP contribution in [0.1, 0.15) is 19.0 Å². The zero-order valence-corrected chi connectivity index (χ0v) is 18.7. The average Bonchev–Trinajstić information content (AvgIpc) is 3.40. The lowest BCUT2D eigenvalue weighted by Crippen LogP contribution is -2.27. The summed E-state index contributed by atoms with van der Waals surface area (Å²) in [6.45, 7) is 2.69. The van der Waals surface area contributed by atoms with Gasteiger partial charge in [-0.25, -0.2) is 4.98 Å². The molecule has 1 aliphatic rings. The van der Waals surface area contributed by atoms with Gasteiger partial charge in [0.1, 0.15) is 5.04 Å². The molecule has 1 unspecified atom stereocenters. The minimum Gasteiger partial charge on any atom is -0.466 e. The van der Waals surface area contributed by atoms with Crippen molar-refractivity contribution in [2.45, 2.75) is 23.6 Å². The summed E-state index contributed by atoms with van der Waals surface area (Å²) < 4.78 is 32.3. The largest absolute Gasteiger partial charge is 0.466 e. The fraction of sp³-hybridized carbons (Fsp3) is 0.286. The molecule has 31 heavy (non-hydrogen) atoms. The van der Waals surface area contributed by atoms with Gasteiger partial charge in [0.15, 0.2) is 5.03 Å². The summed E-state index contributed by atoms with van der Waals surface area (Å²) in [5.74, 6) is -0.225. The summed E-state index contributed by atoms with van der Waals surface area (Å²) >= 11 is 1.53. The van der Waals surface area contributed by atoms with E-state index in [1.165, 1.54) is 35.4 Å². The molecule has 8 nitrogen and oxygen atoms in total. The van der Waals surface area contributed by atoms with Gasteiger partial charge in [-0.15, -0.1) is 0 Å². The predicted molar refractivity (Wildman–Crippen MR) is 122 cm³/mol. The number of H-pyrrole nitrogens is 1. The van der Waals surface area contributed by atoms with Crippen molar-refractivity contribution in [3.63, 3.8) is 0 Å². The van der Waals surface area contributed by atoms with Gasteiger partial charge in [-0.3, -0.25) is 14.1 Å². The molecule has 0 aliphatic carbocycles. The topological polar surface area (TPSA) is 105 Å². The summed E-state index contributed by atoms with van der Waals surface area (Å²) in [6.07, 6.45) is 1.76. The summed E-state index contributed by atoms with van der Waals surface area (Å²) in [5, 5.41) is 1.69. The predicted octanol–water partition coefficient (Wildman–Crippen LogP) is 3.20. The van der Waals surface area contributed by atoms with E-state index >= 15 is 0 Å². The Morgan fingerprint density at radius 2 is 2.13 bits per heavy atom. The maximum Gasteiger partial charge on any atom is 0.306 e. The van der Waals surface area contributed by atoms with Crippen LogP contribution in [0.2, 0.25) is 0 Å². The number of ether oxygens (including phenoxy) is 1. The van der Waals surface area contributed by atoms with Gasteiger partial charge in [-0.1, -0.05) is 30.0 Å². The van der Waals surface area contributed by atoms with E-state index in [-0.39, 0.29) is 16.2 Å². The van der Waals surface area contributed by atoms with E-state index in [9.17, 15) is 13.2 Å². The molecule has 0 fully saturated rings. The minimum atomic E-state index is -3.81. The number of fused-ring (bicyclic) bond motifs is 1. The number of nitrogens with zero attached hydrogens (tertiary/aromatic N) is 3. The van der Waals surface area contributed by atoms with Crippen molar-refractivity contribution in [2.24, 2.45) is 4.99 Å². The van der Waals surface area contributed by atoms with Crippen molar-refractivity contribution >= 4 is 49.4 Å². The SMILES string of the molecule is CCOC(=O)CC1CN=C(c2cc3cccc(N(C)S(=O)(=O)c4ccccn4)c3[nH]2)S1. The fourth-order valence-corrected chi connectivity index (χ4v) is 5.57.